The first-order valence-electron chi connectivity index (χ1n) is 3.52. The fourth-order valence-corrected chi connectivity index (χ4v) is 1.80. The van der Waals surface area contributed by atoms with Crippen LogP contribution in [0.5, 0.6) is 0 Å². The minimum Gasteiger partial charge on any atom is -0.379 e. The standard InChI is InChI=1S/C8H5BrClF3O/c9-6-3-4(10)1-2-5(6)7(14)8(11,12)13/h1-3,7,14H. The van der Waals surface area contributed by atoms with Crippen LogP contribution in [0.4, 0.5) is 13.2 Å². The predicted octanol–water partition coefficient (Wildman–Crippen LogP) is 3.70. The molecule has 0 fully saturated rings. The molecule has 1 atom stereocenters. The zero-order valence-corrected chi connectivity index (χ0v) is 8.99. The molecule has 78 valence electrons. The molecular weight excluding hydrogens is 284 g/mol. The van der Waals surface area contributed by atoms with Crippen molar-refractivity contribution in [3.8, 4) is 0 Å². The summed E-state index contributed by atoms with van der Waals surface area (Å²) in [5.41, 5.74) is -0.248. The summed E-state index contributed by atoms with van der Waals surface area (Å²) in [6.07, 6.45) is -7.16. The number of halogens is 5. The van der Waals surface area contributed by atoms with Gasteiger partial charge in [0.05, 0.1) is 0 Å². The summed E-state index contributed by atoms with van der Waals surface area (Å²) in [6, 6.07) is 3.72. The van der Waals surface area contributed by atoms with Crippen molar-refractivity contribution in [2.24, 2.45) is 0 Å². The Balaban J connectivity index is 3.08. The molecule has 0 aliphatic heterocycles. The van der Waals surface area contributed by atoms with Gasteiger partial charge in [-0.25, -0.2) is 0 Å². The Bertz CT molecular complexity index is 340. The molecule has 0 heterocycles. The number of alkyl halides is 3. The van der Waals surface area contributed by atoms with Crippen molar-refractivity contribution in [1.29, 1.82) is 0 Å². The lowest BCUT2D eigenvalue weighted by atomic mass is 10.1. The second-order valence-corrected chi connectivity index (χ2v) is 3.90. The molecule has 0 saturated heterocycles. The molecule has 0 aliphatic carbocycles. The van der Waals surface area contributed by atoms with Crippen molar-refractivity contribution in [3.63, 3.8) is 0 Å². The highest BCUT2D eigenvalue weighted by Gasteiger charge is 2.40. The van der Waals surface area contributed by atoms with Gasteiger partial charge >= 0.3 is 6.18 Å². The third-order valence-corrected chi connectivity index (χ3v) is 2.49. The number of aliphatic hydroxyl groups excluding tert-OH is 1. The first-order chi connectivity index (χ1) is 6.32. The van der Waals surface area contributed by atoms with Gasteiger partial charge in [0.25, 0.3) is 0 Å². The smallest absolute Gasteiger partial charge is 0.379 e. The van der Waals surface area contributed by atoms with Crippen LogP contribution in [-0.2, 0) is 0 Å². The normalized spacial score (nSPS) is 14.1. The fraction of sp³-hybridized carbons (Fsp3) is 0.250. The largest absolute Gasteiger partial charge is 0.418 e. The first kappa shape index (κ1) is 11.8. The quantitative estimate of drug-likeness (QED) is 0.836. The minimum absolute atomic E-state index is 0.134. The summed E-state index contributed by atoms with van der Waals surface area (Å²) in [7, 11) is 0. The van der Waals surface area contributed by atoms with E-state index >= 15 is 0 Å². The monoisotopic (exact) mass is 288 g/mol. The van der Waals surface area contributed by atoms with Crippen LogP contribution in [0.3, 0.4) is 0 Å². The van der Waals surface area contributed by atoms with Crippen molar-refractivity contribution in [2.45, 2.75) is 12.3 Å². The lowest BCUT2D eigenvalue weighted by Crippen LogP contribution is -2.20. The Hall–Kier alpha value is -0.260. The van der Waals surface area contributed by atoms with Gasteiger partial charge in [0.15, 0.2) is 6.10 Å². The number of hydrogen-bond donors (Lipinski definition) is 1. The predicted molar refractivity (Wildman–Crippen MR) is 50.2 cm³/mol. The molecule has 0 radical (unpaired) electrons. The third kappa shape index (κ3) is 2.62. The lowest BCUT2D eigenvalue weighted by Gasteiger charge is -2.16. The maximum absolute atomic E-state index is 12.1. The minimum atomic E-state index is -4.67. The second-order valence-electron chi connectivity index (χ2n) is 2.61. The van der Waals surface area contributed by atoms with Crippen LogP contribution in [0.25, 0.3) is 0 Å². The summed E-state index contributed by atoms with van der Waals surface area (Å²) in [5.74, 6) is 0. The summed E-state index contributed by atoms with van der Waals surface area (Å²) >= 11 is 8.44. The molecule has 0 aliphatic rings. The molecule has 1 unspecified atom stereocenters. The van der Waals surface area contributed by atoms with E-state index < -0.39 is 12.3 Å². The van der Waals surface area contributed by atoms with Gasteiger partial charge < -0.3 is 5.11 Å². The average molecular weight is 289 g/mol. The van der Waals surface area contributed by atoms with Gasteiger partial charge in [-0.2, -0.15) is 13.2 Å². The van der Waals surface area contributed by atoms with Crippen LogP contribution < -0.4 is 0 Å². The van der Waals surface area contributed by atoms with E-state index in [1.54, 1.807) is 0 Å². The van der Waals surface area contributed by atoms with Gasteiger partial charge in [-0.3, -0.25) is 0 Å². The average Bonchev–Trinajstić information content (AvgIpc) is 2.01. The van der Waals surface area contributed by atoms with Gasteiger partial charge in [-0.05, 0) is 12.1 Å². The van der Waals surface area contributed by atoms with Crippen molar-refractivity contribution in [1.82, 2.24) is 0 Å². The maximum Gasteiger partial charge on any atom is 0.418 e. The first-order valence-corrected chi connectivity index (χ1v) is 4.69. The van der Waals surface area contributed by atoms with E-state index in [9.17, 15) is 13.2 Å². The Labute approximate surface area is 91.6 Å². The molecule has 0 amide bonds. The topological polar surface area (TPSA) is 20.2 Å². The second kappa shape index (κ2) is 4.08. The molecule has 1 N–H and O–H groups in total. The van der Waals surface area contributed by atoms with E-state index in [-0.39, 0.29) is 10.0 Å². The Morgan fingerprint density at radius 3 is 2.36 bits per heavy atom. The number of rotatable bonds is 1. The highest BCUT2D eigenvalue weighted by Crippen LogP contribution is 2.36. The van der Waals surface area contributed by atoms with Crippen molar-refractivity contribution in [3.05, 3.63) is 33.3 Å². The maximum atomic E-state index is 12.1. The van der Waals surface area contributed by atoms with Gasteiger partial charge in [0.2, 0.25) is 0 Å². The van der Waals surface area contributed by atoms with Crippen LogP contribution in [-0.4, -0.2) is 11.3 Å². The molecule has 14 heavy (non-hydrogen) atoms. The lowest BCUT2D eigenvalue weighted by molar-refractivity contribution is -0.207. The molecule has 0 bridgehead atoms. The van der Waals surface area contributed by atoms with E-state index in [1.807, 2.05) is 0 Å². The van der Waals surface area contributed by atoms with Gasteiger partial charge in [-0.15, -0.1) is 0 Å². The molecule has 1 rings (SSSR count). The van der Waals surface area contributed by atoms with Crippen molar-refractivity contribution in [2.75, 3.05) is 0 Å². The van der Waals surface area contributed by atoms with Gasteiger partial charge in [0.1, 0.15) is 0 Å². The van der Waals surface area contributed by atoms with Crippen molar-refractivity contribution >= 4 is 27.5 Å². The molecule has 0 aromatic heterocycles. The Kier molecular flexibility index (Phi) is 3.44. The van der Waals surface area contributed by atoms with Gasteiger partial charge in [0, 0.05) is 15.1 Å². The Morgan fingerprint density at radius 1 is 1.36 bits per heavy atom. The summed E-state index contributed by atoms with van der Waals surface area (Å²) < 4.78 is 36.5. The molecule has 1 aromatic carbocycles. The highest BCUT2D eigenvalue weighted by atomic mass is 79.9. The van der Waals surface area contributed by atoms with E-state index in [1.165, 1.54) is 12.1 Å². The Morgan fingerprint density at radius 2 is 1.93 bits per heavy atom. The number of aliphatic hydroxyl groups is 1. The SMILES string of the molecule is OC(c1ccc(Cl)cc1Br)C(F)(F)F. The number of hydrogen-bond acceptors (Lipinski definition) is 1. The fourth-order valence-electron chi connectivity index (χ4n) is 0.900. The van der Waals surface area contributed by atoms with Crippen LogP contribution in [0, 0.1) is 0 Å². The third-order valence-electron chi connectivity index (χ3n) is 1.57. The van der Waals surface area contributed by atoms with Crippen LogP contribution in [0.2, 0.25) is 5.02 Å². The molecular formula is C8H5BrClF3O. The molecule has 6 heteroatoms. The summed E-state index contributed by atoms with van der Waals surface area (Å²) in [6.45, 7) is 0. The van der Waals surface area contributed by atoms with Crippen LogP contribution in [0.15, 0.2) is 22.7 Å². The zero-order valence-electron chi connectivity index (χ0n) is 6.65. The van der Waals surface area contributed by atoms with Gasteiger partial charge in [-0.1, -0.05) is 33.6 Å². The van der Waals surface area contributed by atoms with Crippen LogP contribution in [0.1, 0.15) is 11.7 Å². The highest BCUT2D eigenvalue weighted by molar-refractivity contribution is 9.10. The summed E-state index contributed by atoms with van der Waals surface area (Å²) in [5, 5.41) is 9.23. The van der Waals surface area contributed by atoms with E-state index in [0.29, 0.717) is 5.02 Å². The van der Waals surface area contributed by atoms with E-state index in [4.69, 9.17) is 16.7 Å². The van der Waals surface area contributed by atoms with E-state index in [0.717, 1.165) is 6.07 Å². The van der Waals surface area contributed by atoms with Crippen LogP contribution >= 0.6 is 27.5 Å². The summed E-state index contributed by atoms with van der Waals surface area (Å²) in [4.78, 5) is 0. The molecule has 1 aromatic rings. The molecule has 0 spiro atoms. The van der Waals surface area contributed by atoms with Crippen molar-refractivity contribution < 1.29 is 18.3 Å². The molecule has 1 nitrogen and oxygen atoms in total. The van der Waals surface area contributed by atoms with E-state index in [2.05, 4.69) is 15.9 Å². The zero-order chi connectivity index (χ0) is 10.9. The molecule has 0 saturated carbocycles. The number of benzene rings is 1.